The summed E-state index contributed by atoms with van der Waals surface area (Å²) < 4.78 is 11.6. The maximum Gasteiger partial charge on any atom is 0.0949 e. The molecule has 1 aliphatic carbocycles. The van der Waals surface area contributed by atoms with Crippen LogP contribution in [0.15, 0.2) is 30.3 Å². The van der Waals surface area contributed by atoms with E-state index in [0.29, 0.717) is 5.92 Å². The predicted octanol–water partition coefficient (Wildman–Crippen LogP) is 2.53. The monoisotopic (exact) mass is 261 g/mol. The van der Waals surface area contributed by atoms with Gasteiger partial charge in [0.25, 0.3) is 0 Å². The number of rotatable bonds is 7. The van der Waals surface area contributed by atoms with Gasteiger partial charge in [0.15, 0.2) is 0 Å². The molecule has 3 heteroatoms. The van der Waals surface area contributed by atoms with Crippen molar-refractivity contribution in [2.24, 2.45) is 5.92 Å². The summed E-state index contributed by atoms with van der Waals surface area (Å²) in [5.74, 6) is 0.576. The summed E-state index contributed by atoms with van der Waals surface area (Å²) in [7, 11) is 0. The van der Waals surface area contributed by atoms with E-state index >= 15 is 0 Å². The molecule has 3 rings (SSSR count). The van der Waals surface area contributed by atoms with E-state index in [9.17, 15) is 0 Å². The molecule has 2 fully saturated rings. The number of benzene rings is 1. The van der Waals surface area contributed by atoms with Gasteiger partial charge in [-0.1, -0.05) is 30.3 Å². The summed E-state index contributed by atoms with van der Waals surface area (Å²) in [6.07, 6.45) is 3.94. The molecule has 1 saturated heterocycles. The summed E-state index contributed by atoms with van der Waals surface area (Å²) in [5.41, 5.74) is 1.27. The van der Waals surface area contributed by atoms with Gasteiger partial charge in [-0.2, -0.15) is 0 Å². The Morgan fingerprint density at radius 1 is 1.21 bits per heavy atom. The van der Waals surface area contributed by atoms with E-state index in [2.05, 4.69) is 35.6 Å². The number of ether oxygens (including phenoxy) is 2. The molecule has 2 atom stereocenters. The van der Waals surface area contributed by atoms with E-state index in [1.54, 1.807) is 0 Å². The van der Waals surface area contributed by atoms with Crippen molar-refractivity contribution in [3.63, 3.8) is 0 Å². The maximum atomic E-state index is 6.15. The van der Waals surface area contributed by atoms with Crippen LogP contribution >= 0.6 is 0 Å². The highest BCUT2D eigenvalue weighted by atomic mass is 16.5. The molecule has 3 nitrogen and oxygen atoms in total. The van der Waals surface area contributed by atoms with Gasteiger partial charge in [0.05, 0.1) is 19.3 Å². The van der Waals surface area contributed by atoms with E-state index in [0.717, 1.165) is 38.8 Å². The standard InChI is InChI=1S/C16H23NO2/c1-2-4-14(5-3-1)16(10-17-15-6-7-15)19-12-13-8-9-18-11-13/h1-5,13,15-17H,6-12H2. The van der Waals surface area contributed by atoms with Crippen molar-refractivity contribution < 1.29 is 9.47 Å². The zero-order chi connectivity index (χ0) is 12.9. The molecular formula is C16H23NO2. The molecule has 1 aliphatic heterocycles. The van der Waals surface area contributed by atoms with Crippen molar-refractivity contribution in [1.82, 2.24) is 5.32 Å². The molecule has 0 spiro atoms. The van der Waals surface area contributed by atoms with E-state index in [-0.39, 0.29) is 6.10 Å². The van der Waals surface area contributed by atoms with Gasteiger partial charge >= 0.3 is 0 Å². The molecule has 2 aliphatic rings. The van der Waals surface area contributed by atoms with Crippen molar-refractivity contribution in [2.45, 2.75) is 31.4 Å². The Labute approximate surface area is 115 Å². The fourth-order valence-electron chi connectivity index (χ4n) is 2.47. The Morgan fingerprint density at radius 2 is 2.05 bits per heavy atom. The average molecular weight is 261 g/mol. The predicted molar refractivity (Wildman–Crippen MR) is 75.1 cm³/mol. The van der Waals surface area contributed by atoms with Gasteiger partial charge in [0, 0.05) is 25.1 Å². The van der Waals surface area contributed by atoms with Crippen LogP contribution in [0.25, 0.3) is 0 Å². The first-order valence-corrected chi connectivity index (χ1v) is 7.39. The number of hydrogen-bond acceptors (Lipinski definition) is 3. The molecule has 1 aromatic rings. The number of nitrogens with one attached hydrogen (secondary N) is 1. The van der Waals surface area contributed by atoms with Crippen LogP contribution in [0.1, 0.15) is 30.9 Å². The topological polar surface area (TPSA) is 30.5 Å². The van der Waals surface area contributed by atoms with E-state index in [4.69, 9.17) is 9.47 Å². The molecule has 0 bridgehead atoms. The molecule has 1 aromatic carbocycles. The Bertz CT molecular complexity index is 372. The van der Waals surface area contributed by atoms with Crippen molar-refractivity contribution in [2.75, 3.05) is 26.4 Å². The molecule has 104 valence electrons. The summed E-state index contributed by atoms with van der Waals surface area (Å²) >= 11 is 0. The van der Waals surface area contributed by atoms with Crippen LogP contribution in [0, 0.1) is 5.92 Å². The Kier molecular flexibility index (Phi) is 4.49. The Hall–Kier alpha value is -0.900. The second kappa shape index (κ2) is 6.51. The van der Waals surface area contributed by atoms with Crippen LogP contribution in [0.3, 0.4) is 0 Å². The van der Waals surface area contributed by atoms with Gasteiger partial charge in [-0.3, -0.25) is 0 Å². The van der Waals surface area contributed by atoms with Crippen molar-refractivity contribution in [3.05, 3.63) is 35.9 Å². The normalized spacial score (nSPS) is 24.5. The van der Waals surface area contributed by atoms with Crippen molar-refractivity contribution in [3.8, 4) is 0 Å². The molecule has 0 amide bonds. The molecule has 1 N–H and O–H groups in total. The summed E-state index contributed by atoms with van der Waals surface area (Å²) in [6.45, 7) is 3.48. The lowest BCUT2D eigenvalue weighted by atomic mass is 10.1. The Morgan fingerprint density at radius 3 is 2.74 bits per heavy atom. The molecule has 0 radical (unpaired) electrons. The van der Waals surface area contributed by atoms with Crippen molar-refractivity contribution in [1.29, 1.82) is 0 Å². The van der Waals surface area contributed by atoms with E-state index in [1.165, 1.54) is 18.4 Å². The minimum absolute atomic E-state index is 0.169. The van der Waals surface area contributed by atoms with Crippen LogP contribution < -0.4 is 5.32 Å². The first-order valence-electron chi connectivity index (χ1n) is 7.39. The van der Waals surface area contributed by atoms with Crippen LogP contribution in [0.4, 0.5) is 0 Å². The van der Waals surface area contributed by atoms with Gasteiger partial charge in [0.2, 0.25) is 0 Å². The van der Waals surface area contributed by atoms with Crippen LogP contribution in [0.5, 0.6) is 0 Å². The van der Waals surface area contributed by atoms with Gasteiger partial charge in [0.1, 0.15) is 0 Å². The van der Waals surface area contributed by atoms with E-state index < -0.39 is 0 Å². The summed E-state index contributed by atoms with van der Waals surface area (Å²) in [6, 6.07) is 11.3. The highest BCUT2D eigenvalue weighted by Gasteiger charge is 2.24. The molecular weight excluding hydrogens is 238 g/mol. The van der Waals surface area contributed by atoms with Crippen LogP contribution in [-0.2, 0) is 9.47 Å². The maximum absolute atomic E-state index is 6.15. The molecule has 2 unspecified atom stereocenters. The third-order valence-electron chi connectivity index (χ3n) is 3.90. The molecule has 0 aromatic heterocycles. The zero-order valence-corrected chi connectivity index (χ0v) is 11.4. The minimum Gasteiger partial charge on any atom is -0.381 e. The lowest BCUT2D eigenvalue weighted by molar-refractivity contribution is 0.0252. The second-order valence-electron chi connectivity index (χ2n) is 5.64. The SMILES string of the molecule is c1ccc(C(CNC2CC2)OCC2CCOC2)cc1. The second-order valence-corrected chi connectivity index (χ2v) is 5.64. The van der Waals surface area contributed by atoms with Gasteiger partial charge in [-0.15, -0.1) is 0 Å². The first kappa shape index (κ1) is 13.1. The van der Waals surface area contributed by atoms with Gasteiger partial charge < -0.3 is 14.8 Å². The summed E-state index contributed by atoms with van der Waals surface area (Å²) in [4.78, 5) is 0. The third-order valence-corrected chi connectivity index (χ3v) is 3.90. The fourth-order valence-corrected chi connectivity index (χ4v) is 2.47. The van der Waals surface area contributed by atoms with Gasteiger partial charge in [-0.25, -0.2) is 0 Å². The Balaban J connectivity index is 1.54. The number of hydrogen-bond donors (Lipinski definition) is 1. The smallest absolute Gasteiger partial charge is 0.0949 e. The zero-order valence-electron chi connectivity index (χ0n) is 11.4. The quantitative estimate of drug-likeness (QED) is 0.818. The molecule has 1 heterocycles. The van der Waals surface area contributed by atoms with E-state index in [1.807, 2.05) is 0 Å². The summed E-state index contributed by atoms with van der Waals surface area (Å²) in [5, 5.41) is 3.57. The third kappa shape index (κ3) is 4.03. The highest BCUT2D eigenvalue weighted by Crippen LogP contribution is 2.23. The average Bonchev–Trinajstić information content (AvgIpc) is 3.14. The molecule has 1 saturated carbocycles. The molecule has 19 heavy (non-hydrogen) atoms. The minimum atomic E-state index is 0.169. The lowest BCUT2D eigenvalue weighted by Gasteiger charge is -2.20. The fraction of sp³-hybridized carbons (Fsp3) is 0.625. The van der Waals surface area contributed by atoms with Crippen LogP contribution in [-0.4, -0.2) is 32.4 Å². The lowest BCUT2D eigenvalue weighted by Crippen LogP contribution is -2.26. The largest absolute Gasteiger partial charge is 0.381 e. The van der Waals surface area contributed by atoms with Crippen molar-refractivity contribution >= 4 is 0 Å². The first-order chi connectivity index (χ1) is 9.42. The van der Waals surface area contributed by atoms with Gasteiger partial charge in [-0.05, 0) is 24.8 Å². The van der Waals surface area contributed by atoms with Crippen LogP contribution in [0.2, 0.25) is 0 Å². The highest BCUT2D eigenvalue weighted by molar-refractivity contribution is 5.18.